The number of fused-ring (bicyclic) bond motifs is 6. The lowest BCUT2D eigenvalue weighted by atomic mass is 9.99. The summed E-state index contributed by atoms with van der Waals surface area (Å²) in [6, 6.07) is 17.3. The number of pyridine rings is 1. The number of imidazole rings is 1. The summed E-state index contributed by atoms with van der Waals surface area (Å²) in [7, 11) is 1.41. The van der Waals surface area contributed by atoms with Crippen molar-refractivity contribution in [2.45, 2.75) is 31.6 Å². The van der Waals surface area contributed by atoms with Gasteiger partial charge >= 0.3 is 5.57 Å². The summed E-state index contributed by atoms with van der Waals surface area (Å²) >= 11 is 4.88. The summed E-state index contributed by atoms with van der Waals surface area (Å²) in [4.78, 5) is 32.5. The highest BCUT2D eigenvalue weighted by atomic mass is 35.5. The lowest BCUT2D eigenvalue weighted by Crippen LogP contribution is -2.21. The van der Waals surface area contributed by atoms with E-state index >= 15 is 0 Å². The van der Waals surface area contributed by atoms with Crippen molar-refractivity contribution in [3.63, 3.8) is 0 Å². The van der Waals surface area contributed by atoms with E-state index in [0.29, 0.717) is 53.6 Å². The first-order chi connectivity index (χ1) is 26.5. The number of alkyl halides is 3. The van der Waals surface area contributed by atoms with Gasteiger partial charge in [0.05, 0.1) is 47.9 Å². The fourth-order valence-electron chi connectivity index (χ4n) is 7.03. The molecule has 276 valence electrons. The van der Waals surface area contributed by atoms with Gasteiger partial charge in [0.25, 0.3) is 11.9 Å². The third kappa shape index (κ3) is 6.40. The van der Waals surface area contributed by atoms with Crippen molar-refractivity contribution in [1.82, 2.24) is 34.3 Å². The van der Waals surface area contributed by atoms with Crippen LogP contribution in [0.15, 0.2) is 85.3 Å². The van der Waals surface area contributed by atoms with Crippen LogP contribution in [0.1, 0.15) is 40.4 Å². The van der Waals surface area contributed by atoms with E-state index < -0.39 is 17.3 Å². The Balaban J connectivity index is 1.08. The molecule has 0 saturated carbocycles. The largest absolute Gasteiger partial charge is 0.494 e. The zero-order valence-electron chi connectivity index (χ0n) is 29.1. The molecule has 2 aliphatic rings. The number of rotatable bonds is 8. The maximum atomic E-state index is 14.5. The van der Waals surface area contributed by atoms with Gasteiger partial charge in [0.15, 0.2) is 11.6 Å². The topological polar surface area (TPSA) is 131 Å². The zero-order valence-corrected chi connectivity index (χ0v) is 29.8. The lowest BCUT2D eigenvalue weighted by molar-refractivity contribution is -0.0964. The standard InChI is InChI=1S/C39H28ClF3N8O4/c1-20-18-54-19-34-47-32-14-22(37(52)46-25-4-6-26(7-5-25)55-39(40,42)43)11-27(36(32)51(20)34)23-12-28-31(45-16-23)15-24-17-50(49-35(24)28)38-44-10-9-30(48-38)21-3-8-33(53-2)29(41)13-21/h3-14,16-17,20H,15,18-19H2,1-2H3,(H,46,52)/t20-/m1/s1. The molecule has 0 bridgehead atoms. The van der Waals surface area contributed by atoms with E-state index in [1.165, 1.54) is 37.4 Å². The molecule has 5 heterocycles. The van der Waals surface area contributed by atoms with Gasteiger partial charge in [-0.2, -0.15) is 5.10 Å². The van der Waals surface area contributed by atoms with Crippen molar-refractivity contribution < 1.29 is 32.2 Å². The normalized spacial score (nSPS) is 14.7. The second-order valence-corrected chi connectivity index (χ2v) is 13.6. The first-order valence-electron chi connectivity index (χ1n) is 17.1. The molecule has 4 aromatic heterocycles. The van der Waals surface area contributed by atoms with Crippen LogP contribution in [0.25, 0.3) is 50.6 Å². The number of halogens is 4. The van der Waals surface area contributed by atoms with Gasteiger partial charge in [-0.3, -0.25) is 9.78 Å². The van der Waals surface area contributed by atoms with Crippen molar-refractivity contribution in [3.8, 4) is 51.1 Å². The Morgan fingerprint density at radius 2 is 1.85 bits per heavy atom. The van der Waals surface area contributed by atoms with Crippen LogP contribution in [0.3, 0.4) is 0 Å². The monoisotopic (exact) mass is 764 g/mol. The highest BCUT2D eigenvalue weighted by molar-refractivity contribution is 6.20. The average molecular weight is 765 g/mol. The first-order valence-corrected chi connectivity index (χ1v) is 17.4. The van der Waals surface area contributed by atoms with Crippen LogP contribution in [-0.2, 0) is 17.8 Å². The SMILES string of the molecule is COc1ccc(-c2ccnc(-n3cc4c(n3)-c3cc(-c5cc(C(=O)Nc6ccc(OC(F)(F)Cl)cc6)cc6nc7n(c56)[C@H](C)COC7)cnc3C4)n2)cc1F. The van der Waals surface area contributed by atoms with Crippen LogP contribution in [0.4, 0.5) is 18.9 Å². The fraction of sp³-hybridized carbons (Fsp3) is 0.179. The average Bonchev–Trinajstić information content (AvgIpc) is 3.86. The van der Waals surface area contributed by atoms with Gasteiger partial charge in [0.1, 0.15) is 18.2 Å². The molecule has 1 amide bonds. The second-order valence-electron chi connectivity index (χ2n) is 13.1. The minimum atomic E-state index is -3.86. The highest BCUT2D eigenvalue weighted by Gasteiger charge is 2.29. The van der Waals surface area contributed by atoms with E-state index in [4.69, 9.17) is 36.1 Å². The van der Waals surface area contributed by atoms with Gasteiger partial charge in [-0.15, -0.1) is 8.78 Å². The molecule has 0 unspecified atom stereocenters. The molecule has 0 fully saturated rings. The van der Waals surface area contributed by atoms with Crippen molar-refractivity contribution >= 4 is 34.2 Å². The van der Waals surface area contributed by atoms with Crippen LogP contribution in [0.5, 0.6) is 11.5 Å². The van der Waals surface area contributed by atoms with Gasteiger partial charge in [0.2, 0.25) is 0 Å². The molecule has 9 rings (SSSR count). The number of hydrogen-bond donors (Lipinski definition) is 1. The Bertz CT molecular complexity index is 2660. The fourth-order valence-corrected chi connectivity index (χ4v) is 7.12. The van der Waals surface area contributed by atoms with Crippen molar-refractivity contribution in [1.29, 1.82) is 0 Å². The predicted octanol–water partition coefficient (Wildman–Crippen LogP) is 7.97. The maximum absolute atomic E-state index is 14.5. The Labute approximate surface area is 315 Å². The van der Waals surface area contributed by atoms with E-state index in [0.717, 1.165) is 45.0 Å². The minimum Gasteiger partial charge on any atom is -0.494 e. The molecule has 0 radical (unpaired) electrons. The van der Waals surface area contributed by atoms with Crippen LogP contribution in [0.2, 0.25) is 0 Å². The van der Waals surface area contributed by atoms with Gasteiger partial charge in [-0.25, -0.2) is 24.0 Å². The molecule has 1 aliphatic heterocycles. The van der Waals surface area contributed by atoms with E-state index in [-0.39, 0.29) is 17.5 Å². The number of aromatic nitrogens is 7. The van der Waals surface area contributed by atoms with Gasteiger partial charge in [-0.1, -0.05) is 0 Å². The number of hydrogen-bond acceptors (Lipinski definition) is 9. The minimum absolute atomic E-state index is 0.0249. The first kappa shape index (κ1) is 34.4. The number of amides is 1. The van der Waals surface area contributed by atoms with E-state index in [2.05, 4.69) is 24.6 Å². The lowest BCUT2D eigenvalue weighted by Gasteiger charge is -2.23. The molecular formula is C39H28ClF3N8O4. The maximum Gasteiger partial charge on any atom is 0.487 e. The molecule has 0 spiro atoms. The molecule has 3 aromatic carbocycles. The third-order valence-electron chi connectivity index (χ3n) is 9.48. The molecule has 16 heteroatoms. The second kappa shape index (κ2) is 13.2. The van der Waals surface area contributed by atoms with Crippen LogP contribution in [0, 0.1) is 5.82 Å². The predicted molar refractivity (Wildman–Crippen MR) is 196 cm³/mol. The van der Waals surface area contributed by atoms with Crippen molar-refractivity contribution in [2.75, 3.05) is 19.0 Å². The Morgan fingerprint density at radius 3 is 2.64 bits per heavy atom. The molecular weight excluding hydrogens is 737 g/mol. The summed E-state index contributed by atoms with van der Waals surface area (Å²) in [5.74, 6) is 0.0830. The summed E-state index contributed by atoms with van der Waals surface area (Å²) in [6.45, 7) is 2.86. The van der Waals surface area contributed by atoms with Crippen LogP contribution in [-0.4, -0.2) is 59.5 Å². The number of methoxy groups -OCH3 is 1. The van der Waals surface area contributed by atoms with E-state index in [9.17, 15) is 18.0 Å². The molecule has 1 aliphatic carbocycles. The number of ether oxygens (including phenoxy) is 3. The molecule has 1 N–H and O–H groups in total. The molecule has 7 aromatic rings. The highest BCUT2D eigenvalue weighted by Crippen LogP contribution is 2.40. The summed E-state index contributed by atoms with van der Waals surface area (Å²) < 4.78 is 59.6. The molecule has 12 nitrogen and oxygen atoms in total. The number of carbonyl (C=O) groups excluding carboxylic acids is 1. The van der Waals surface area contributed by atoms with Crippen molar-refractivity contribution in [2.24, 2.45) is 0 Å². The third-order valence-corrected chi connectivity index (χ3v) is 9.55. The van der Waals surface area contributed by atoms with Gasteiger partial charge < -0.3 is 24.1 Å². The number of nitrogens with one attached hydrogen (secondary N) is 1. The Kier molecular flexibility index (Phi) is 8.27. The summed E-state index contributed by atoms with van der Waals surface area (Å²) in [6.07, 6.45) is 5.78. The zero-order chi connectivity index (χ0) is 38.0. The number of carbonyl (C=O) groups is 1. The van der Waals surface area contributed by atoms with Gasteiger partial charge in [0, 0.05) is 75.7 Å². The smallest absolute Gasteiger partial charge is 0.487 e. The number of anilines is 1. The number of nitrogens with zero attached hydrogens (tertiary/aromatic N) is 7. The van der Waals surface area contributed by atoms with Gasteiger partial charge in [-0.05, 0) is 73.7 Å². The molecule has 0 saturated heterocycles. The Hall–Kier alpha value is -6.32. The Morgan fingerprint density at radius 1 is 1.02 bits per heavy atom. The molecule has 55 heavy (non-hydrogen) atoms. The van der Waals surface area contributed by atoms with E-state index in [1.807, 2.05) is 19.2 Å². The van der Waals surface area contributed by atoms with Crippen LogP contribution < -0.4 is 14.8 Å². The summed E-state index contributed by atoms with van der Waals surface area (Å²) in [5.41, 5.74) is 4.11. The number of benzene rings is 3. The summed E-state index contributed by atoms with van der Waals surface area (Å²) in [5, 5.41) is 7.69. The quantitative estimate of drug-likeness (QED) is 0.153. The molecule has 1 atom stereocenters. The van der Waals surface area contributed by atoms with Crippen molar-refractivity contribution in [3.05, 3.63) is 114 Å². The van der Waals surface area contributed by atoms with Crippen LogP contribution >= 0.6 is 11.6 Å². The van der Waals surface area contributed by atoms with E-state index in [1.54, 1.807) is 47.4 Å².